The van der Waals surface area contributed by atoms with Gasteiger partial charge in [-0.25, -0.2) is 0 Å². The van der Waals surface area contributed by atoms with Crippen molar-refractivity contribution in [2.45, 2.75) is 84.0 Å². The van der Waals surface area contributed by atoms with Gasteiger partial charge >= 0.3 is 0 Å². The molecule has 1 aliphatic rings. The van der Waals surface area contributed by atoms with Crippen LogP contribution in [0.15, 0.2) is 10.2 Å². The maximum absolute atomic E-state index is 6.79. The Hall–Kier alpha value is 0.647. The molecule has 112 valence electrons. The van der Waals surface area contributed by atoms with Crippen LogP contribution in [0.5, 0.6) is 0 Å². The zero-order chi connectivity index (χ0) is 14.7. The molecule has 0 amide bonds. The Balaban J connectivity index is 2.86. The molecule has 1 aliphatic carbocycles. The molecule has 0 radical (unpaired) electrons. The lowest BCUT2D eigenvalue weighted by Crippen LogP contribution is -2.51. The molecule has 1 atom stereocenters. The molecule has 1 unspecified atom stereocenters. The molecule has 0 aliphatic heterocycles. The van der Waals surface area contributed by atoms with E-state index in [1.165, 1.54) is 25.7 Å². The summed E-state index contributed by atoms with van der Waals surface area (Å²) in [6, 6.07) is 0. The fraction of sp³-hybridized carbons (Fsp3) is 0.875. The number of hydrogen-bond donors (Lipinski definition) is 0. The van der Waals surface area contributed by atoms with E-state index in [0.29, 0.717) is 16.6 Å². The molecule has 0 aromatic heterocycles. The third-order valence-corrected chi connectivity index (χ3v) is 10.4. The molecule has 0 spiro atoms. The van der Waals surface area contributed by atoms with Crippen molar-refractivity contribution in [2.75, 3.05) is 0 Å². The van der Waals surface area contributed by atoms with Gasteiger partial charge in [0, 0.05) is 0 Å². The van der Waals surface area contributed by atoms with Gasteiger partial charge in [-0.1, -0.05) is 62.8 Å². The summed E-state index contributed by atoms with van der Waals surface area (Å²) < 4.78 is 8.93. The van der Waals surface area contributed by atoms with Crippen molar-refractivity contribution in [3.8, 4) is 0 Å². The summed E-state index contributed by atoms with van der Waals surface area (Å²) in [6.45, 7) is 14.1. The van der Waals surface area contributed by atoms with Gasteiger partial charge in [-0.3, -0.25) is 0 Å². The van der Waals surface area contributed by atoms with Gasteiger partial charge in [0.25, 0.3) is 0 Å². The highest BCUT2D eigenvalue weighted by molar-refractivity contribution is 14.1. The van der Waals surface area contributed by atoms with Crippen molar-refractivity contribution in [3.63, 3.8) is 0 Å². The van der Waals surface area contributed by atoms with E-state index in [1.54, 1.807) is 0 Å². The highest BCUT2D eigenvalue weighted by atomic mass is 127. The lowest BCUT2D eigenvalue weighted by Gasteiger charge is -2.51. The molecule has 0 N–H and O–H groups in total. The first-order chi connectivity index (χ1) is 8.68. The number of hydrogen-bond acceptors (Lipinski definition) is 1. The molecule has 0 aromatic carbocycles. The van der Waals surface area contributed by atoms with Crippen LogP contribution >= 0.6 is 22.6 Å². The van der Waals surface area contributed by atoms with Gasteiger partial charge in [-0.15, -0.1) is 0 Å². The summed E-state index contributed by atoms with van der Waals surface area (Å²) in [7, 11) is -1.66. The van der Waals surface area contributed by atoms with E-state index in [9.17, 15) is 0 Å². The molecule has 0 bridgehead atoms. The minimum Gasteiger partial charge on any atom is -0.413 e. The van der Waals surface area contributed by atoms with Crippen LogP contribution in [0.4, 0.5) is 0 Å². The smallest absolute Gasteiger partial charge is 0.192 e. The third kappa shape index (κ3) is 4.07. The maximum Gasteiger partial charge on any atom is 0.192 e. The van der Waals surface area contributed by atoms with Crippen molar-refractivity contribution in [3.05, 3.63) is 10.2 Å². The van der Waals surface area contributed by atoms with Crippen LogP contribution in [0.1, 0.15) is 59.8 Å². The summed E-state index contributed by atoms with van der Waals surface area (Å²) in [4.78, 5) is 0. The lowest BCUT2D eigenvalue weighted by atomic mass is 9.63. The predicted octanol–water partition coefficient (Wildman–Crippen LogP) is 6.30. The van der Waals surface area contributed by atoms with E-state index in [0.717, 1.165) is 6.42 Å². The summed E-state index contributed by atoms with van der Waals surface area (Å²) in [5, 5.41) is 0.304. The van der Waals surface area contributed by atoms with E-state index in [2.05, 4.69) is 73.5 Å². The average molecular weight is 394 g/mol. The number of rotatable bonds is 6. The third-order valence-electron chi connectivity index (χ3n) is 5.42. The van der Waals surface area contributed by atoms with E-state index < -0.39 is 8.32 Å². The molecule has 1 nitrogen and oxygen atoms in total. The van der Waals surface area contributed by atoms with Gasteiger partial charge in [0.15, 0.2) is 8.32 Å². The first-order valence-electron chi connectivity index (χ1n) is 7.61. The summed E-state index contributed by atoms with van der Waals surface area (Å²) in [5.41, 5.74) is 0.464. The van der Waals surface area contributed by atoms with Gasteiger partial charge in [-0.2, -0.15) is 0 Å². The Morgan fingerprint density at radius 3 is 2.21 bits per heavy atom. The molecule has 1 rings (SSSR count). The van der Waals surface area contributed by atoms with Crippen molar-refractivity contribution in [1.82, 2.24) is 0 Å². The van der Waals surface area contributed by atoms with E-state index in [1.807, 2.05) is 0 Å². The predicted molar refractivity (Wildman–Crippen MR) is 96.4 cm³/mol. The van der Waals surface area contributed by atoms with Gasteiger partial charge in [0.05, 0.1) is 6.10 Å². The zero-order valence-corrected chi connectivity index (χ0v) is 16.7. The standard InChI is InChI=1S/C16H31IOSi/c1-7-16(11-9-12-16)14(10-8-13-17)18-19(5,6)15(2,3)4/h8,13-14H,7,9-12H2,1-6H3/b13-8+. The average Bonchev–Trinajstić information content (AvgIpc) is 2.22. The Morgan fingerprint density at radius 1 is 1.32 bits per heavy atom. The van der Waals surface area contributed by atoms with Crippen LogP contribution in [-0.2, 0) is 4.43 Å². The fourth-order valence-corrected chi connectivity index (χ4v) is 4.37. The lowest BCUT2D eigenvalue weighted by molar-refractivity contribution is -0.0271. The van der Waals surface area contributed by atoms with Crippen LogP contribution in [0.25, 0.3) is 0 Å². The van der Waals surface area contributed by atoms with E-state index in [4.69, 9.17) is 4.43 Å². The quantitative estimate of drug-likeness (QED) is 0.380. The van der Waals surface area contributed by atoms with Crippen LogP contribution in [-0.4, -0.2) is 14.4 Å². The molecule has 1 saturated carbocycles. The topological polar surface area (TPSA) is 9.23 Å². The highest BCUT2D eigenvalue weighted by Crippen LogP contribution is 2.51. The second-order valence-electron chi connectivity index (χ2n) is 7.53. The first kappa shape index (κ1) is 17.7. The SMILES string of the molecule is CCC1(C(C/C=C/I)O[Si](C)(C)C(C)(C)C)CCC1. The van der Waals surface area contributed by atoms with Crippen LogP contribution < -0.4 is 0 Å². The minimum absolute atomic E-state index is 0.304. The highest BCUT2D eigenvalue weighted by Gasteiger charge is 2.47. The second-order valence-corrected chi connectivity index (χ2v) is 13.0. The molecule has 3 heteroatoms. The van der Waals surface area contributed by atoms with Gasteiger partial charge in [0.1, 0.15) is 0 Å². The largest absolute Gasteiger partial charge is 0.413 e. The summed E-state index contributed by atoms with van der Waals surface area (Å²) in [5.74, 6) is 0. The second kappa shape index (κ2) is 6.61. The summed E-state index contributed by atoms with van der Waals surface area (Å²) in [6.07, 6.45) is 9.17. The molecule has 19 heavy (non-hydrogen) atoms. The summed E-state index contributed by atoms with van der Waals surface area (Å²) >= 11 is 2.32. The van der Waals surface area contributed by atoms with Gasteiger partial charge in [0.2, 0.25) is 0 Å². The van der Waals surface area contributed by atoms with Crippen molar-refractivity contribution in [1.29, 1.82) is 0 Å². The van der Waals surface area contributed by atoms with E-state index in [-0.39, 0.29) is 0 Å². The van der Waals surface area contributed by atoms with Gasteiger partial charge < -0.3 is 4.43 Å². The van der Waals surface area contributed by atoms with Crippen LogP contribution in [0, 0.1) is 5.41 Å². The van der Waals surface area contributed by atoms with E-state index >= 15 is 0 Å². The number of halogens is 1. The van der Waals surface area contributed by atoms with Crippen molar-refractivity contribution in [2.24, 2.45) is 5.41 Å². The normalized spacial score (nSPS) is 21.4. The van der Waals surface area contributed by atoms with Crippen molar-refractivity contribution < 1.29 is 4.43 Å². The molecule has 1 fully saturated rings. The fourth-order valence-electron chi connectivity index (χ4n) is 2.66. The molecule has 0 heterocycles. The Labute approximate surface area is 134 Å². The van der Waals surface area contributed by atoms with Crippen molar-refractivity contribution >= 4 is 30.9 Å². The molecular formula is C16H31IOSi. The Morgan fingerprint density at radius 2 is 1.89 bits per heavy atom. The maximum atomic E-state index is 6.79. The molecule has 0 aromatic rings. The zero-order valence-electron chi connectivity index (χ0n) is 13.6. The van der Waals surface area contributed by atoms with Crippen LogP contribution in [0.3, 0.4) is 0 Å². The van der Waals surface area contributed by atoms with Gasteiger partial charge in [-0.05, 0) is 53.3 Å². The molecular weight excluding hydrogens is 363 g/mol. The Bertz CT molecular complexity index is 308. The monoisotopic (exact) mass is 394 g/mol. The van der Waals surface area contributed by atoms with Crippen LogP contribution in [0.2, 0.25) is 18.1 Å². The Kier molecular flexibility index (Phi) is 6.15. The first-order valence-corrected chi connectivity index (χ1v) is 11.8. The molecule has 0 saturated heterocycles. The minimum atomic E-state index is -1.66.